The summed E-state index contributed by atoms with van der Waals surface area (Å²) in [7, 11) is 0. The van der Waals surface area contributed by atoms with E-state index < -0.39 is 0 Å². The molecule has 1 N–H and O–H groups in total. The quantitative estimate of drug-likeness (QED) is 0.586. The standard InChI is InChI=1S/C21H27BrO/c1-13-8-9-15(22)12-16(13)14-10-17(20(2,3)4)19(23)18(11-14)21(5,6)7/h8-12,23H,1-7H3. The van der Waals surface area contributed by atoms with Crippen LogP contribution < -0.4 is 0 Å². The van der Waals surface area contributed by atoms with E-state index in [1.54, 1.807) is 0 Å². The fraction of sp³-hybridized carbons (Fsp3) is 0.429. The molecule has 23 heavy (non-hydrogen) atoms. The Bertz CT molecular complexity index is 695. The number of aryl methyl sites for hydroxylation is 1. The van der Waals surface area contributed by atoms with Crippen LogP contribution in [-0.2, 0) is 10.8 Å². The maximum Gasteiger partial charge on any atom is 0.123 e. The van der Waals surface area contributed by atoms with E-state index in [1.165, 1.54) is 11.1 Å². The van der Waals surface area contributed by atoms with Gasteiger partial charge in [0.15, 0.2) is 0 Å². The van der Waals surface area contributed by atoms with Gasteiger partial charge in [-0.15, -0.1) is 0 Å². The first kappa shape index (κ1) is 18.1. The maximum atomic E-state index is 10.8. The molecule has 0 aliphatic carbocycles. The lowest BCUT2D eigenvalue weighted by Gasteiger charge is -2.28. The number of aromatic hydroxyl groups is 1. The van der Waals surface area contributed by atoms with Gasteiger partial charge in [0.1, 0.15) is 5.75 Å². The van der Waals surface area contributed by atoms with Crippen molar-refractivity contribution < 1.29 is 5.11 Å². The Morgan fingerprint density at radius 1 is 0.826 bits per heavy atom. The fourth-order valence-corrected chi connectivity index (χ4v) is 3.20. The van der Waals surface area contributed by atoms with Gasteiger partial charge in [0.05, 0.1) is 0 Å². The third kappa shape index (κ3) is 3.80. The summed E-state index contributed by atoms with van der Waals surface area (Å²) in [5.74, 6) is 0.432. The van der Waals surface area contributed by atoms with Crippen LogP contribution in [0.5, 0.6) is 5.75 Å². The molecule has 0 unspecified atom stereocenters. The van der Waals surface area contributed by atoms with Crippen LogP contribution in [0, 0.1) is 6.92 Å². The van der Waals surface area contributed by atoms with Crippen molar-refractivity contribution in [3.05, 3.63) is 51.5 Å². The van der Waals surface area contributed by atoms with Crippen molar-refractivity contribution in [2.45, 2.75) is 59.3 Å². The van der Waals surface area contributed by atoms with Crippen LogP contribution in [0.25, 0.3) is 11.1 Å². The van der Waals surface area contributed by atoms with Crippen molar-refractivity contribution in [3.63, 3.8) is 0 Å². The van der Waals surface area contributed by atoms with Crippen molar-refractivity contribution in [3.8, 4) is 16.9 Å². The SMILES string of the molecule is Cc1ccc(Br)cc1-c1cc(C(C)(C)C)c(O)c(C(C)(C)C)c1. The highest BCUT2D eigenvalue weighted by atomic mass is 79.9. The molecule has 0 aromatic heterocycles. The summed E-state index contributed by atoms with van der Waals surface area (Å²) in [4.78, 5) is 0. The molecule has 124 valence electrons. The van der Waals surface area contributed by atoms with Gasteiger partial charge in [0.2, 0.25) is 0 Å². The summed E-state index contributed by atoms with van der Waals surface area (Å²) < 4.78 is 1.07. The van der Waals surface area contributed by atoms with Crippen LogP contribution in [0.2, 0.25) is 0 Å². The Balaban J connectivity index is 2.82. The molecule has 0 radical (unpaired) electrons. The molecule has 0 bridgehead atoms. The molecular formula is C21H27BrO. The normalized spacial score (nSPS) is 12.5. The Labute approximate surface area is 148 Å². The summed E-state index contributed by atoms with van der Waals surface area (Å²) >= 11 is 3.57. The highest BCUT2D eigenvalue weighted by Gasteiger charge is 2.27. The van der Waals surface area contributed by atoms with Gasteiger partial charge in [0.25, 0.3) is 0 Å². The van der Waals surface area contributed by atoms with Crippen LogP contribution in [0.15, 0.2) is 34.8 Å². The summed E-state index contributed by atoms with van der Waals surface area (Å²) in [5.41, 5.74) is 5.38. The van der Waals surface area contributed by atoms with E-state index in [2.05, 4.69) is 94.7 Å². The molecule has 0 heterocycles. The van der Waals surface area contributed by atoms with E-state index in [0.717, 1.165) is 21.2 Å². The summed E-state index contributed by atoms with van der Waals surface area (Å²) in [5, 5.41) is 10.8. The van der Waals surface area contributed by atoms with Gasteiger partial charge in [-0.1, -0.05) is 63.5 Å². The highest BCUT2D eigenvalue weighted by molar-refractivity contribution is 9.10. The second-order valence-electron chi connectivity index (χ2n) is 8.38. The largest absolute Gasteiger partial charge is 0.507 e. The van der Waals surface area contributed by atoms with Gasteiger partial charge in [-0.05, 0) is 58.7 Å². The minimum Gasteiger partial charge on any atom is -0.507 e. The number of hydrogen-bond donors (Lipinski definition) is 1. The molecule has 0 aliphatic rings. The topological polar surface area (TPSA) is 20.2 Å². The zero-order chi connectivity index (χ0) is 17.6. The van der Waals surface area contributed by atoms with E-state index in [9.17, 15) is 5.11 Å². The predicted octanol–water partition coefficient (Wildman–Crippen LogP) is 6.73. The number of rotatable bonds is 1. The van der Waals surface area contributed by atoms with Gasteiger partial charge in [-0.2, -0.15) is 0 Å². The number of benzene rings is 2. The summed E-state index contributed by atoms with van der Waals surface area (Å²) in [6, 6.07) is 10.6. The summed E-state index contributed by atoms with van der Waals surface area (Å²) in [6.45, 7) is 15.0. The van der Waals surface area contributed by atoms with Gasteiger partial charge < -0.3 is 5.11 Å². The van der Waals surface area contributed by atoms with Crippen LogP contribution in [0.4, 0.5) is 0 Å². The molecule has 0 aliphatic heterocycles. The molecular weight excluding hydrogens is 348 g/mol. The Hall–Kier alpha value is -1.28. The van der Waals surface area contributed by atoms with Crippen LogP contribution in [0.1, 0.15) is 58.2 Å². The molecule has 2 heteroatoms. The lowest BCUT2D eigenvalue weighted by molar-refractivity contribution is 0.423. The Kier molecular flexibility index (Phi) is 4.69. The summed E-state index contributed by atoms with van der Waals surface area (Å²) in [6.07, 6.45) is 0. The molecule has 2 aromatic carbocycles. The van der Waals surface area contributed by atoms with Crippen molar-refractivity contribution >= 4 is 15.9 Å². The predicted molar refractivity (Wildman–Crippen MR) is 103 cm³/mol. The van der Waals surface area contributed by atoms with Crippen molar-refractivity contribution in [2.75, 3.05) is 0 Å². The lowest BCUT2D eigenvalue weighted by Crippen LogP contribution is -2.17. The second kappa shape index (κ2) is 5.98. The third-order valence-corrected chi connectivity index (χ3v) is 4.73. The van der Waals surface area contributed by atoms with Gasteiger partial charge >= 0.3 is 0 Å². The molecule has 0 amide bonds. The van der Waals surface area contributed by atoms with Crippen molar-refractivity contribution in [2.24, 2.45) is 0 Å². The Morgan fingerprint density at radius 3 is 1.74 bits per heavy atom. The van der Waals surface area contributed by atoms with Crippen molar-refractivity contribution in [1.29, 1.82) is 0 Å². The monoisotopic (exact) mass is 374 g/mol. The zero-order valence-electron chi connectivity index (χ0n) is 15.2. The Morgan fingerprint density at radius 2 is 1.30 bits per heavy atom. The van der Waals surface area contributed by atoms with E-state index in [-0.39, 0.29) is 10.8 Å². The fourth-order valence-electron chi connectivity index (χ4n) is 2.84. The third-order valence-electron chi connectivity index (χ3n) is 4.24. The van der Waals surface area contributed by atoms with Gasteiger partial charge in [-0.3, -0.25) is 0 Å². The number of phenols is 1. The minimum atomic E-state index is -0.111. The lowest BCUT2D eigenvalue weighted by atomic mass is 9.77. The molecule has 0 spiro atoms. The number of halogens is 1. The van der Waals surface area contributed by atoms with E-state index in [4.69, 9.17) is 0 Å². The van der Waals surface area contributed by atoms with Gasteiger partial charge in [0, 0.05) is 15.6 Å². The molecule has 0 fully saturated rings. The zero-order valence-corrected chi connectivity index (χ0v) is 16.8. The molecule has 0 atom stereocenters. The average Bonchev–Trinajstić information content (AvgIpc) is 2.39. The maximum absolute atomic E-state index is 10.8. The van der Waals surface area contributed by atoms with E-state index in [1.807, 2.05) is 0 Å². The van der Waals surface area contributed by atoms with Crippen molar-refractivity contribution in [1.82, 2.24) is 0 Å². The van der Waals surface area contributed by atoms with Crippen LogP contribution in [0.3, 0.4) is 0 Å². The molecule has 0 saturated carbocycles. The molecule has 2 rings (SSSR count). The highest BCUT2D eigenvalue weighted by Crippen LogP contribution is 2.42. The molecule has 0 saturated heterocycles. The molecule has 2 aromatic rings. The minimum absolute atomic E-state index is 0.111. The molecule has 1 nitrogen and oxygen atoms in total. The smallest absolute Gasteiger partial charge is 0.123 e. The van der Waals surface area contributed by atoms with Gasteiger partial charge in [-0.25, -0.2) is 0 Å². The first-order valence-electron chi connectivity index (χ1n) is 8.06. The second-order valence-corrected chi connectivity index (χ2v) is 9.29. The van der Waals surface area contributed by atoms with Crippen LogP contribution >= 0.6 is 15.9 Å². The average molecular weight is 375 g/mol. The van der Waals surface area contributed by atoms with E-state index >= 15 is 0 Å². The first-order chi connectivity index (χ1) is 10.4. The van der Waals surface area contributed by atoms with E-state index in [0.29, 0.717) is 5.75 Å². The number of phenolic OH excluding ortho intramolecular Hbond substituents is 1. The first-order valence-corrected chi connectivity index (χ1v) is 8.85. The van der Waals surface area contributed by atoms with Crippen LogP contribution in [-0.4, -0.2) is 5.11 Å². The number of hydrogen-bond acceptors (Lipinski definition) is 1.